The molecule has 4 atom stereocenters. The summed E-state index contributed by atoms with van der Waals surface area (Å²) in [5.41, 5.74) is 4.43. The molecule has 1 saturated heterocycles. The van der Waals surface area contributed by atoms with Gasteiger partial charge in [0, 0.05) is 6.20 Å². The number of hydrogen-bond acceptors (Lipinski definition) is 7. The molecule has 2 aromatic rings. The van der Waals surface area contributed by atoms with Gasteiger partial charge in [0.2, 0.25) is 0 Å². The topological polar surface area (TPSA) is 141 Å². The van der Waals surface area contributed by atoms with E-state index < -0.39 is 42.0 Å². The van der Waals surface area contributed by atoms with Crippen molar-refractivity contribution in [3.63, 3.8) is 0 Å². The average molecular weight is 374 g/mol. The molecule has 1 fully saturated rings. The molecule has 9 nitrogen and oxygen atoms in total. The summed E-state index contributed by atoms with van der Waals surface area (Å²) in [4.78, 5) is 35.6. The van der Waals surface area contributed by atoms with Crippen LogP contribution in [0, 0.1) is 0 Å². The van der Waals surface area contributed by atoms with E-state index in [1.807, 2.05) is 0 Å². The second kappa shape index (κ2) is 7.70. The predicted octanol–water partition coefficient (Wildman–Crippen LogP) is -0.577. The third-order valence-corrected chi connectivity index (χ3v) is 4.24. The quantitative estimate of drug-likeness (QED) is 0.595. The Balaban J connectivity index is 1.73. The van der Waals surface area contributed by atoms with Crippen molar-refractivity contribution in [3.05, 3.63) is 70.1 Å². The Morgan fingerprint density at radius 3 is 2.48 bits per heavy atom. The molecule has 9 heteroatoms. The first-order valence-electron chi connectivity index (χ1n) is 8.15. The average Bonchev–Trinajstić information content (AvgIpc) is 2.95. The highest BCUT2D eigenvalue weighted by Gasteiger charge is 2.44. The summed E-state index contributed by atoms with van der Waals surface area (Å²) in [7, 11) is 0. The maximum absolute atomic E-state index is 12.3. The zero-order valence-electron chi connectivity index (χ0n) is 14.1. The SMILES string of the molecule is NC(=O)c1cccn([C@@H]2O[C@H](COC(=O)c3ccccc3)C(O)C2O)c1=O. The van der Waals surface area contributed by atoms with E-state index in [1.165, 1.54) is 18.3 Å². The van der Waals surface area contributed by atoms with E-state index >= 15 is 0 Å². The van der Waals surface area contributed by atoms with Gasteiger partial charge in [0.25, 0.3) is 11.5 Å². The minimum atomic E-state index is -1.47. The van der Waals surface area contributed by atoms with Crippen LogP contribution in [0.2, 0.25) is 0 Å². The smallest absolute Gasteiger partial charge is 0.338 e. The lowest BCUT2D eigenvalue weighted by atomic mass is 10.1. The number of benzene rings is 1. The van der Waals surface area contributed by atoms with Crippen LogP contribution in [-0.2, 0) is 9.47 Å². The van der Waals surface area contributed by atoms with Gasteiger partial charge in [-0.05, 0) is 24.3 Å². The van der Waals surface area contributed by atoms with Gasteiger partial charge in [-0.1, -0.05) is 18.2 Å². The third-order valence-electron chi connectivity index (χ3n) is 4.24. The van der Waals surface area contributed by atoms with E-state index in [-0.39, 0.29) is 12.2 Å². The second-order valence-electron chi connectivity index (χ2n) is 6.01. The molecule has 1 aliphatic heterocycles. The molecule has 4 N–H and O–H groups in total. The molecule has 27 heavy (non-hydrogen) atoms. The number of nitrogens with two attached hydrogens (primary N) is 1. The molecular weight excluding hydrogens is 356 g/mol. The maximum atomic E-state index is 12.3. The molecule has 0 bridgehead atoms. The summed E-state index contributed by atoms with van der Waals surface area (Å²) in [6, 6.07) is 10.9. The number of primary amides is 1. The van der Waals surface area contributed by atoms with E-state index in [0.29, 0.717) is 5.56 Å². The molecule has 2 unspecified atom stereocenters. The fourth-order valence-electron chi connectivity index (χ4n) is 2.81. The Bertz CT molecular complexity index is 896. The van der Waals surface area contributed by atoms with Gasteiger partial charge < -0.3 is 25.4 Å². The molecule has 0 spiro atoms. The van der Waals surface area contributed by atoms with Crippen LogP contribution >= 0.6 is 0 Å². The molecule has 1 aromatic carbocycles. The number of pyridine rings is 1. The lowest BCUT2D eigenvalue weighted by Gasteiger charge is -2.18. The highest BCUT2D eigenvalue weighted by molar-refractivity contribution is 5.92. The molecule has 3 rings (SSSR count). The van der Waals surface area contributed by atoms with Gasteiger partial charge in [0.05, 0.1) is 5.56 Å². The van der Waals surface area contributed by atoms with Crippen molar-refractivity contribution in [2.45, 2.75) is 24.5 Å². The highest BCUT2D eigenvalue weighted by atomic mass is 16.6. The van der Waals surface area contributed by atoms with Crippen molar-refractivity contribution in [2.24, 2.45) is 5.73 Å². The number of hydrogen-bond donors (Lipinski definition) is 3. The van der Waals surface area contributed by atoms with Gasteiger partial charge in [0.15, 0.2) is 6.23 Å². The van der Waals surface area contributed by atoms with Gasteiger partial charge in [-0.25, -0.2) is 4.79 Å². The zero-order valence-corrected chi connectivity index (χ0v) is 14.1. The minimum Gasteiger partial charge on any atom is -0.459 e. The maximum Gasteiger partial charge on any atom is 0.338 e. The van der Waals surface area contributed by atoms with Gasteiger partial charge in [0.1, 0.15) is 30.5 Å². The van der Waals surface area contributed by atoms with E-state index in [1.54, 1.807) is 30.3 Å². The Hall–Kier alpha value is -3.01. The van der Waals surface area contributed by atoms with Crippen molar-refractivity contribution in [1.82, 2.24) is 4.57 Å². The Labute approximate surface area is 153 Å². The van der Waals surface area contributed by atoms with Crippen LogP contribution in [0.15, 0.2) is 53.5 Å². The first-order chi connectivity index (χ1) is 12.9. The number of carbonyl (C=O) groups is 2. The molecule has 2 heterocycles. The van der Waals surface area contributed by atoms with Crippen LogP contribution in [-0.4, -0.2) is 51.6 Å². The summed E-state index contributed by atoms with van der Waals surface area (Å²) in [6.07, 6.45) is -3.88. The zero-order chi connectivity index (χ0) is 19.6. The Morgan fingerprint density at radius 2 is 1.81 bits per heavy atom. The minimum absolute atomic E-state index is 0.276. The number of aliphatic hydroxyl groups excluding tert-OH is 2. The van der Waals surface area contributed by atoms with Crippen molar-refractivity contribution >= 4 is 11.9 Å². The van der Waals surface area contributed by atoms with Crippen molar-refractivity contribution < 1.29 is 29.3 Å². The fourth-order valence-corrected chi connectivity index (χ4v) is 2.81. The molecule has 0 saturated carbocycles. The fraction of sp³-hybridized carbons (Fsp3) is 0.278. The van der Waals surface area contributed by atoms with E-state index in [2.05, 4.69) is 0 Å². The van der Waals surface area contributed by atoms with Gasteiger partial charge in [-0.15, -0.1) is 0 Å². The van der Waals surface area contributed by atoms with Crippen LogP contribution in [0.5, 0.6) is 0 Å². The lowest BCUT2D eigenvalue weighted by Crippen LogP contribution is -2.37. The predicted molar refractivity (Wildman–Crippen MR) is 91.9 cm³/mol. The van der Waals surface area contributed by atoms with Gasteiger partial charge >= 0.3 is 5.97 Å². The summed E-state index contributed by atoms with van der Waals surface area (Å²) >= 11 is 0. The summed E-state index contributed by atoms with van der Waals surface area (Å²) < 4.78 is 11.6. The largest absolute Gasteiger partial charge is 0.459 e. The number of aromatic nitrogens is 1. The van der Waals surface area contributed by atoms with Gasteiger partial charge in [-0.3, -0.25) is 14.2 Å². The number of aliphatic hydroxyl groups is 2. The van der Waals surface area contributed by atoms with E-state index in [4.69, 9.17) is 15.2 Å². The Morgan fingerprint density at radius 1 is 1.11 bits per heavy atom. The van der Waals surface area contributed by atoms with Crippen LogP contribution < -0.4 is 11.3 Å². The number of carbonyl (C=O) groups excluding carboxylic acids is 2. The summed E-state index contributed by atoms with van der Waals surface area (Å²) in [6.45, 7) is -0.327. The van der Waals surface area contributed by atoms with Crippen LogP contribution in [0.1, 0.15) is 26.9 Å². The molecule has 1 aliphatic rings. The third kappa shape index (κ3) is 3.75. The standard InChI is InChI=1S/C18H18N2O7/c19-15(23)11-7-4-8-20(16(11)24)17-14(22)13(21)12(27-17)9-26-18(25)10-5-2-1-3-6-10/h1-8,12-14,17,21-22H,9H2,(H2,19,23)/t12-,13?,14?,17-/m1/s1. The second-order valence-corrected chi connectivity index (χ2v) is 6.01. The van der Waals surface area contributed by atoms with E-state index in [9.17, 15) is 24.6 Å². The van der Waals surface area contributed by atoms with Crippen LogP contribution in [0.4, 0.5) is 0 Å². The summed E-state index contributed by atoms with van der Waals surface area (Å²) in [5, 5.41) is 20.4. The first kappa shape index (κ1) is 18.8. The molecule has 0 aliphatic carbocycles. The molecule has 0 radical (unpaired) electrons. The lowest BCUT2D eigenvalue weighted by molar-refractivity contribution is -0.0594. The van der Waals surface area contributed by atoms with Crippen molar-refractivity contribution in [1.29, 1.82) is 0 Å². The van der Waals surface area contributed by atoms with Gasteiger partial charge in [-0.2, -0.15) is 0 Å². The van der Waals surface area contributed by atoms with Crippen LogP contribution in [0.3, 0.4) is 0 Å². The molecule has 1 aromatic heterocycles. The molecule has 1 amide bonds. The molecular formula is C18H18N2O7. The Kier molecular flexibility index (Phi) is 5.36. The number of nitrogens with zero attached hydrogens (tertiary/aromatic N) is 1. The first-order valence-corrected chi connectivity index (χ1v) is 8.15. The number of ether oxygens (including phenoxy) is 2. The van der Waals surface area contributed by atoms with Crippen LogP contribution in [0.25, 0.3) is 0 Å². The molecule has 142 valence electrons. The summed E-state index contributed by atoms with van der Waals surface area (Å²) in [5.74, 6) is -1.53. The number of esters is 1. The number of rotatable bonds is 5. The van der Waals surface area contributed by atoms with Crippen molar-refractivity contribution in [2.75, 3.05) is 6.61 Å². The monoisotopic (exact) mass is 374 g/mol. The number of amides is 1. The van der Waals surface area contributed by atoms with E-state index in [0.717, 1.165) is 4.57 Å². The van der Waals surface area contributed by atoms with Crippen molar-refractivity contribution in [3.8, 4) is 0 Å². The highest BCUT2D eigenvalue weighted by Crippen LogP contribution is 2.28. The normalized spacial score (nSPS) is 24.5.